The number of rotatable bonds is 5. The molecule has 1 aliphatic carbocycles. The van der Waals surface area contributed by atoms with Crippen LogP contribution in [0.25, 0.3) is 5.70 Å². The van der Waals surface area contributed by atoms with Crippen LogP contribution in [0.15, 0.2) is 41.6 Å². The smallest absolute Gasteiger partial charge is 0.123 e. The van der Waals surface area contributed by atoms with E-state index < -0.39 is 0 Å². The number of nitrogens with two attached hydrogens (primary N) is 1. The molecule has 0 spiro atoms. The zero-order valence-corrected chi connectivity index (χ0v) is 11.2. The molecule has 100 valence electrons. The highest BCUT2D eigenvalue weighted by Gasteiger charge is 2.30. The molecular formula is C16H19FN2. The number of aliphatic imine (C=N–C) groups is 1. The number of benzene rings is 1. The van der Waals surface area contributed by atoms with Crippen molar-refractivity contribution in [2.24, 2.45) is 16.6 Å². The minimum absolute atomic E-state index is 0.0376. The van der Waals surface area contributed by atoms with Crippen LogP contribution in [0.1, 0.15) is 31.7 Å². The molecule has 0 heterocycles. The fourth-order valence-corrected chi connectivity index (χ4v) is 2.04. The number of hydrogen-bond acceptors (Lipinski definition) is 2. The van der Waals surface area contributed by atoms with E-state index in [4.69, 9.17) is 5.73 Å². The second kappa shape index (κ2) is 5.96. The average molecular weight is 258 g/mol. The van der Waals surface area contributed by atoms with E-state index in [2.05, 4.69) is 17.3 Å². The average Bonchev–Trinajstić information content (AvgIpc) is 3.23. The first-order valence-electron chi connectivity index (χ1n) is 6.65. The van der Waals surface area contributed by atoms with Crippen LogP contribution in [0.5, 0.6) is 0 Å². The van der Waals surface area contributed by atoms with Gasteiger partial charge in [-0.1, -0.05) is 25.6 Å². The van der Waals surface area contributed by atoms with Gasteiger partial charge in [-0.3, -0.25) is 0 Å². The van der Waals surface area contributed by atoms with Gasteiger partial charge in [0.1, 0.15) is 11.5 Å². The van der Waals surface area contributed by atoms with E-state index in [1.54, 1.807) is 6.07 Å². The molecule has 0 bridgehead atoms. The van der Waals surface area contributed by atoms with Gasteiger partial charge < -0.3 is 5.73 Å². The molecule has 0 saturated heterocycles. The summed E-state index contributed by atoms with van der Waals surface area (Å²) in [4.78, 5) is 4.61. The van der Waals surface area contributed by atoms with Gasteiger partial charge in [0.2, 0.25) is 0 Å². The predicted octanol–water partition coefficient (Wildman–Crippen LogP) is 3.54. The Bertz CT molecular complexity index is 537. The lowest BCUT2D eigenvalue weighted by molar-refractivity contribution is 0.627. The lowest BCUT2D eigenvalue weighted by Gasteiger charge is -2.13. The predicted molar refractivity (Wildman–Crippen MR) is 77.4 cm³/mol. The molecule has 0 amide bonds. The van der Waals surface area contributed by atoms with Crippen LogP contribution in [0.3, 0.4) is 0 Å². The SMILES string of the molecule is C=C=C(N=C(C1CC1)[C@@H](N)CC)c1cccc(F)c1. The maximum atomic E-state index is 13.3. The van der Waals surface area contributed by atoms with Crippen molar-refractivity contribution in [2.75, 3.05) is 0 Å². The zero-order valence-electron chi connectivity index (χ0n) is 11.2. The van der Waals surface area contributed by atoms with E-state index in [1.807, 2.05) is 13.0 Å². The van der Waals surface area contributed by atoms with Crippen molar-refractivity contribution in [1.82, 2.24) is 0 Å². The Hall–Kier alpha value is -1.70. The summed E-state index contributed by atoms with van der Waals surface area (Å²) >= 11 is 0. The Morgan fingerprint density at radius 1 is 1.58 bits per heavy atom. The Morgan fingerprint density at radius 3 is 2.84 bits per heavy atom. The van der Waals surface area contributed by atoms with Gasteiger partial charge in [0, 0.05) is 17.3 Å². The normalized spacial score (nSPS) is 16.9. The van der Waals surface area contributed by atoms with Crippen molar-refractivity contribution >= 4 is 11.4 Å². The van der Waals surface area contributed by atoms with Crippen molar-refractivity contribution < 1.29 is 4.39 Å². The van der Waals surface area contributed by atoms with Gasteiger partial charge in [-0.2, -0.15) is 0 Å². The van der Waals surface area contributed by atoms with E-state index in [0.717, 1.165) is 25.0 Å². The molecule has 1 aliphatic rings. The molecule has 1 aromatic carbocycles. The summed E-state index contributed by atoms with van der Waals surface area (Å²) in [6.45, 7) is 5.70. The van der Waals surface area contributed by atoms with Crippen LogP contribution >= 0.6 is 0 Å². The molecule has 1 aromatic rings. The highest BCUT2D eigenvalue weighted by atomic mass is 19.1. The minimum Gasteiger partial charge on any atom is -0.323 e. The largest absolute Gasteiger partial charge is 0.323 e. The molecule has 2 N–H and O–H groups in total. The molecule has 19 heavy (non-hydrogen) atoms. The Labute approximate surface area is 113 Å². The van der Waals surface area contributed by atoms with Crippen LogP contribution in [0, 0.1) is 11.7 Å². The maximum absolute atomic E-state index is 13.3. The highest BCUT2D eigenvalue weighted by Crippen LogP contribution is 2.33. The molecule has 1 atom stereocenters. The summed E-state index contributed by atoms with van der Waals surface area (Å²) in [5, 5.41) is 0. The second-order valence-corrected chi connectivity index (χ2v) is 4.86. The van der Waals surface area contributed by atoms with Gasteiger partial charge in [-0.05, 0) is 37.3 Å². The first-order valence-corrected chi connectivity index (χ1v) is 6.65. The number of hydrogen-bond donors (Lipinski definition) is 1. The van der Waals surface area contributed by atoms with Crippen molar-refractivity contribution in [3.8, 4) is 0 Å². The van der Waals surface area contributed by atoms with Crippen molar-refractivity contribution in [2.45, 2.75) is 32.2 Å². The molecule has 0 aliphatic heterocycles. The summed E-state index contributed by atoms with van der Waals surface area (Å²) in [6, 6.07) is 6.28. The van der Waals surface area contributed by atoms with Crippen LogP contribution < -0.4 is 5.73 Å². The molecule has 1 saturated carbocycles. The summed E-state index contributed by atoms with van der Waals surface area (Å²) in [5.41, 5.74) is 11.2. The first-order chi connectivity index (χ1) is 9.15. The third kappa shape index (κ3) is 3.40. The molecule has 2 nitrogen and oxygen atoms in total. The standard InChI is InChI=1S/C16H19FN2/c1-3-14(18)16(11-8-9-11)19-15(4-2)12-6-5-7-13(17)10-12/h5-7,10-11,14H,2-3,8-9,18H2,1H3/t14-/m0/s1. The van der Waals surface area contributed by atoms with Crippen LogP contribution in [-0.2, 0) is 0 Å². The van der Waals surface area contributed by atoms with Gasteiger partial charge in [0.05, 0.1) is 0 Å². The Morgan fingerprint density at radius 2 is 2.32 bits per heavy atom. The topological polar surface area (TPSA) is 38.4 Å². The van der Waals surface area contributed by atoms with Crippen LogP contribution in [-0.4, -0.2) is 11.8 Å². The molecule has 1 fully saturated rings. The second-order valence-electron chi connectivity index (χ2n) is 4.86. The third-order valence-corrected chi connectivity index (χ3v) is 3.32. The molecule has 0 radical (unpaired) electrons. The van der Waals surface area contributed by atoms with Gasteiger partial charge in [-0.15, -0.1) is 5.73 Å². The molecule has 0 unspecified atom stereocenters. The molecule has 0 aromatic heterocycles. The Kier molecular flexibility index (Phi) is 4.31. The Balaban J connectivity index is 2.34. The number of halogens is 1. The molecule has 3 heteroatoms. The quantitative estimate of drug-likeness (QED) is 0.636. The summed E-state index contributed by atoms with van der Waals surface area (Å²) in [6.07, 6.45) is 3.13. The fourth-order valence-electron chi connectivity index (χ4n) is 2.04. The van der Waals surface area contributed by atoms with Crippen molar-refractivity contribution in [1.29, 1.82) is 0 Å². The third-order valence-electron chi connectivity index (χ3n) is 3.32. The zero-order chi connectivity index (χ0) is 13.8. The van der Waals surface area contributed by atoms with Gasteiger partial charge >= 0.3 is 0 Å². The summed E-state index contributed by atoms with van der Waals surface area (Å²) in [7, 11) is 0. The van der Waals surface area contributed by atoms with E-state index in [9.17, 15) is 4.39 Å². The van der Waals surface area contributed by atoms with E-state index >= 15 is 0 Å². The van der Waals surface area contributed by atoms with Crippen molar-refractivity contribution in [3.63, 3.8) is 0 Å². The lowest BCUT2D eigenvalue weighted by atomic mass is 10.1. The van der Waals surface area contributed by atoms with Gasteiger partial charge in [0.25, 0.3) is 0 Å². The summed E-state index contributed by atoms with van der Waals surface area (Å²) in [5.74, 6) is 0.195. The first kappa shape index (κ1) is 13.7. The molecular weight excluding hydrogens is 239 g/mol. The van der Waals surface area contributed by atoms with Crippen LogP contribution in [0.2, 0.25) is 0 Å². The van der Waals surface area contributed by atoms with E-state index in [-0.39, 0.29) is 11.9 Å². The maximum Gasteiger partial charge on any atom is 0.123 e. The molecule has 2 rings (SSSR count). The van der Waals surface area contributed by atoms with Crippen LogP contribution in [0.4, 0.5) is 4.39 Å². The minimum atomic E-state index is -0.284. The van der Waals surface area contributed by atoms with E-state index in [1.165, 1.54) is 12.1 Å². The van der Waals surface area contributed by atoms with Gasteiger partial charge in [-0.25, -0.2) is 9.38 Å². The highest BCUT2D eigenvalue weighted by molar-refractivity contribution is 5.97. The lowest BCUT2D eigenvalue weighted by Crippen LogP contribution is -2.31. The van der Waals surface area contributed by atoms with Crippen molar-refractivity contribution in [3.05, 3.63) is 48.0 Å². The fraction of sp³-hybridized carbons (Fsp3) is 0.375. The number of nitrogens with zero attached hydrogens (tertiary/aromatic N) is 1. The van der Waals surface area contributed by atoms with E-state index in [0.29, 0.717) is 17.2 Å². The van der Waals surface area contributed by atoms with Gasteiger partial charge in [0.15, 0.2) is 0 Å². The monoisotopic (exact) mass is 258 g/mol. The summed E-state index contributed by atoms with van der Waals surface area (Å²) < 4.78 is 13.3.